The molecule has 1 aliphatic rings. The summed E-state index contributed by atoms with van der Waals surface area (Å²) in [6.07, 6.45) is 0. The summed E-state index contributed by atoms with van der Waals surface area (Å²) in [7, 11) is 3.32. The fraction of sp³-hybridized carbons (Fsp3) is 0.632. The summed E-state index contributed by atoms with van der Waals surface area (Å²) in [5, 5.41) is 6.28. The van der Waals surface area contributed by atoms with Crippen molar-refractivity contribution in [1.82, 2.24) is 0 Å². The summed E-state index contributed by atoms with van der Waals surface area (Å²) in [6, 6.07) is 15.5. The van der Waals surface area contributed by atoms with E-state index in [1.165, 1.54) is 82.9 Å². The summed E-state index contributed by atoms with van der Waals surface area (Å²) in [5.41, 5.74) is 16.3. The molecule has 0 amide bonds. The van der Waals surface area contributed by atoms with E-state index in [0.717, 1.165) is 0 Å². The first kappa shape index (κ1) is 50.8. The van der Waals surface area contributed by atoms with E-state index in [0.29, 0.717) is 8.20 Å². The largest absolute Gasteiger partial charge is 0.185 e. The molecule has 0 aliphatic carbocycles. The molecule has 3 heteroatoms. The van der Waals surface area contributed by atoms with Crippen LogP contribution in [0.3, 0.4) is 0 Å². The first-order chi connectivity index (χ1) is 26.4. The van der Waals surface area contributed by atoms with Crippen molar-refractivity contribution in [2.24, 2.45) is 0 Å². The summed E-state index contributed by atoms with van der Waals surface area (Å²) < 4.78 is 0. The molecule has 0 spiro atoms. The van der Waals surface area contributed by atoms with E-state index in [4.69, 9.17) is 0 Å². The van der Waals surface area contributed by atoms with Crippen LogP contribution in [0.25, 0.3) is 0 Å². The monoisotopic (exact) mass is 866 g/mol. The van der Waals surface area contributed by atoms with Gasteiger partial charge in [0.05, 0.1) is 5.29 Å². The molecule has 60 heavy (non-hydrogen) atoms. The van der Waals surface area contributed by atoms with Gasteiger partial charge in [0.25, 0.3) is 0 Å². The van der Waals surface area contributed by atoms with Crippen LogP contribution in [0.4, 0.5) is 0 Å². The predicted octanol–water partition coefficient (Wildman–Crippen LogP) is 17.1. The Balaban J connectivity index is 2.42. The van der Waals surface area contributed by atoms with Crippen LogP contribution in [0.5, 0.6) is 0 Å². The molecule has 1 aliphatic heterocycles. The summed E-state index contributed by atoms with van der Waals surface area (Å²) in [4.78, 5) is 0. The Morgan fingerprint density at radius 3 is 0.833 bits per heavy atom. The maximum atomic E-state index is 2.60. The zero-order chi connectivity index (χ0) is 46.5. The Morgan fingerprint density at radius 2 is 0.583 bits per heavy atom. The minimum Gasteiger partial charge on any atom is -0.0561 e. The van der Waals surface area contributed by atoms with E-state index in [-0.39, 0.29) is 48.7 Å². The molecule has 0 aromatic heterocycles. The lowest BCUT2D eigenvalue weighted by atomic mass is 9.72. The minimum atomic E-state index is -0.0457. The molecule has 1 unspecified atom stereocenters. The van der Waals surface area contributed by atoms with E-state index in [9.17, 15) is 0 Å². The Labute approximate surface area is 376 Å². The van der Waals surface area contributed by atoms with Gasteiger partial charge in [-0.15, -0.1) is 0 Å². The van der Waals surface area contributed by atoms with Gasteiger partial charge in [0.15, 0.2) is 10.1 Å². The Morgan fingerprint density at radius 1 is 0.333 bits per heavy atom. The number of hydrogen-bond donors (Lipinski definition) is 0. The first-order valence-corrected chi connectivity index (χ1v) is 25.6. The zero-order valence-corrected chi connectivity index (χ0v) is 46.6. The van der Waals surface area contributed by atoms with Gasteiger partial charge in [-0.1, -0.05) is 223 Å². The second-order valence-electron chi connectivity index (χ2n) is 27.5. The quantitative estimate of drug-likeness (QED) is 0.230. The molecule has 0 saturated carbocycles. The van der Waals surface area contributed by atoms with E-state index in [2.05, 4.69) is 223 Å². The average Bonchev–Trinajstić information content (AvgIpc) is 3.42. The maximum Gasteiger partial charge on any atom is 0.185 e. The zero-order valence-electron chi connectivity index (χ0n) is 43.9. The van der Waals surface area contributed by atoms with Crippen LogP contribution in [-0.4, -0.2) is 15.4 Å². The van der Waals surface area contributed by atoms with Gasteiger partial charge in [-0.2, -0.15) is 0 Å². The highest BCUT2D eigenvalue weighted by molar-refractivity contribution is 7.97. The molecule has 0 fully saturated rings. The molecule has 0 bridgehead atoms. The fourth-order valence-corrected chi connectivity index (χ4v) is 14.3. The van der Waals surface area contributed by atoms with Crippen LogP contribution < -0.4 is 5.30 Å². The van der Waals surface area contributed by atoms with Crippen molar-refractivity contribution in [2.45, 2.75) is 236 Å². The van der Waals surface area contributed by atoms with Crippen LogP contribution in [0.1, 0.15) is 248 Å². The molecule has 0 saturated heterocycles. The average molecular weight is 866 g/mol. The van der Waals surface area contributed by atoms with Gasteiger partial charge in [0, 0.05) is 10.9 Å². The van der Waals surface area contributed by atoms with E-state index < -0.39 is 0 Å². The van der Waals surface area contributed by atoms with Crippen molar-refractivity contribution in [2.75, 3.05) is 0 Å². The van der Waals surface area contributed by atoms with E-state index in [1.807, 2.05) is 0 Å². The molecule has 0 nitrogen and oxygen atoms in total. The van der Waals surface area contributed by atoms with Crippen molar-refractivity contribution >= 4 is 45.3 Å². The van der Waals surface area contributed by atoms with Crippen molar-refractivity contribution in [3.63, 3.8) is 0 Å². The lowest BCUT2D eigenvalue weighted by Crippen LogP contribution is -2.30. The van der Waals surface area contributed by atoms with Gasteiger partial charge >= 0.3 is 0 Å². The van der Waals surface area contributed by atoms with Crippen LogP contribution in [0.2, 0.25) is 0 Å². The first-order valence-electron chi connectivity index (χ1n) is 22.9. The molecule has 3 aromatic carbocycles. The normalized spacial score (nSPS) is 16.7. The molecule has 0 N–H and O–H groups in total. The van der Waals surface area contributed by atoms with Gasteiger partial charge in [-0.3, -0.25) is 0 Å². The Hall–Kier alpha value is -1.83. The Bertz CT molecular complexity index is 2110. The SMILES string of the molecule is CC(C)(C)c1cc(C(C)(C)C)c(P=C2[PH+]=C(c3c(C(C)(C)C)cc(C(C)(C)C)cc3C(C)(C)C)P=C2c2c(C(C)(C)C)cc(C(C)(C)C)cc2C(C)(C)C)c(C(C)(C)C)c1. The van der Waals surface area contributed by atoms with Crippen molar-refractivity contribution in [1.29, 1.82) is 0 Å². The summed E-state index contributed by atoms with van der Waals surface area (Å²) in [6.45, 7) is 65.4. The van der Waals surface area contributed by atoms with E-state index in [1.54, 1.807) is 15.4 Å². The maximum absolute atomic E-state index is 2.60. The number of rotatable bonds is 3. The molecule has 4 rings (SSSR count). The van der Waals surface area contributed by atoms with Crippen LogP contribution in [-0.2, 0) is 48.7 Å². The molecular weight excluding hydrogens is 778 g/mol. The van der Waals surface area contributed by atoms with Crippen molar-refractivity contribution in [3.8, 4) is 0 Å². The highest BCUT2D eigenvalue weighted by Crippen LogP contribution is 2.48. The second-order valence-corrected chi connectivity index (χ2v) is 31.8. The smallest absolute Gasteiger partial charge is 0.0561 e. The van der Waals surface area contributed by atoms with Gasteiger partial charge in [0.1, 0.15) is 8.20 Å². The van der Waals surface area contributed by atoms with Gasteiger partial charge < -0.3 is 0 Å². The fourth-order valence-electron chi connectivity index (χ4n) is 8.21. The lowest BCUT2D eigenvalue weighted by Gasteiger charge is -2.34. The molecule has 330 valence electrons. The summed E-state index contributed by atoms with van der Waals surface area (Å²) in [5.74, 6) is 0. The highest BCUT2D eigenvalue weighted by Gasteiger charge is 2.40. The third kappa shape index (κ3) is 11.1. The lowest BCUT2D eigenvalue weighted by molar-refractivity contribution is 0.546. The topological polar surface area (TPSA) is 0 Å². The summed E-state index contributed by atoms with van der Waals surface area (Å²) >= 11 is 0. The minimum absolute atomic E-state index is 0.0145. The van der Waals surface area contributed by atoms with Gasteiger partial charge in [-0.05, 0) is 121 Å². The van der Waals surface area contributed by atoms with Gasteiger partial charge in [0.2, 0.25) is 0 Å². The van der Waals surface area contributed by atoms with E-state index >= 15 is 0 Å². The highest BCUT2D eigenvalue weighted by atomic mass is 31.1. The second kappa shape index (κ2) is 16.0. The standard InChI is InChI=1S/C57H87P3/c1-49(2,3)34-28-37(52(10,11)12)43(38(29-34)53(13,14)15)46-48(58-45-41(56(22,23)24)32-36(51(7,8)9)33-42(45)57(25,26)27)60-47(59-46)44-39(54(16,17)18)30-35(50(4,5)6)31-40(44)55(19,20)21/h28-33H,1-27H3/p+1. The molecular formula is C57H88P3+. The molecule has 1 heterocycles. The van der Waals surface area contributed by atoms with Crippen molar-refractivity contribution in [3.05, 3.63) is 97.6 Å². The van der Waals surface area contributed by atoms with Crippen LogP contribution >= 0.6 is 24.6 Å². The Kier molecular flexibility index (Phi) is 13.6. The molecule has 0 radical (unpaired) electrons. The van der Waals surface area contributed by atoms with Gasteiger partial charge in [-0.25, -0.2) is 0 Å². The molecule has 1 atom stereocenters. The van der Waals surface area contributed by atoms with Crippen LogP contribution in [0.15, 0.2) is 36.4 Å². The van der Waals surface area contributed by atoms with Crippen molar-refractivity contribution < 1.29 is 0 Å². The third-order valence-corrected chi connectivity index (χ3v) is 17.2. The third-order valence-electron chi connectivity index (χ3n) is 12.2. The predicted molar refractivity (Wildman–Crippen MR) is 283 cm³/mol. The van der Waals surface area contributed by atoms with Crippen LogP contribution in [0, 0.1) is 0 Å². The number of hydrogen-bond acceptors (Lipinski definition) is 0. The number of benzene rings is 3. The molecule has 3 aromatic rings.